The summed E-state index contributed by atoms with van der Waals surface area (Å²) in [6.07, 6.45) is 2.90. The van der Waals surface area contributed by atoms with Crippen LogP contribution in [0.3, 0.4) is 0 Å². The standard InChI is InChI=1S/C15H22N2O4S/c1-21-14-5-3-12(4-6-14)9-13-7-8-17(11-13)15(18)10-16-22(2,19)20/h3-6,13,16H,7-11H2,1-2H3. The second kappa shape index (κ2) is 7.11. The van der Waals surface area contributed by atoms with Gasteiger partial charge in [-0.05, 0) is 36.5 Å². The van der Waals surface area contributed by atoms with E-state index in [2.05, 4.69) is 4.72 Å². The monoisotopic (exact) mass is 326 g/mol. The zero-order chi connectivity index (χ0) is 16.2. The number of carbonyl (C=O) groups excluding carboxylic acids is 1. The van der Waals surface area contributed by atoms with E-state index in [-0.39, 0.29) is 12.5 Å². The number of likely N-dealkylation sites (tertiary alicyclic amines) is 1. The largest absolute Gasteiger partial charge is 0.497 e. The van der Waals surface area contributed by atoms with Crippen molar-refractivity contribution in [1.82, 2.24) is 9.62 Å². The van der Waals surface area contributed by atoms with Crippen LogP contribution in [0.1, 0.15) is 12.0 Å². The van der Waals surface area contributed by atoms with Crippen molar-refractivity contribution >= 4 is 15.9 Å². The minimum Gasteiger partial charge on any atom is -0.497 e. The van der Waals surface area contributed by atoms with Crippen molar-refractivity contribution in [3.05, 3.63) is 29.8 Å². The van der Waals surface area contributed by atoms with Crippen molar-refractivity contribution in [3.63, 3.8) is 0 Å². The third kappa shape index (κ3) is 4.99. The summed E-state index contributed by atoms with van der Waals surface area (Å²) in [5.41, 5.74) is 1.22. The van der Waals surface area contributed by atoms with Crippen LogP contribution in [0.5, 0.6) is 5.75 Å². The number of ether oxygens (including phenoxy) is 1. The molecule has 1 saturated heterocycles. The summed E-state index contributed by atoms with van der Waals surface area (Å²) in [7, 11) is -1.69. The highest BCUT2D eigenvalue weighted by molar-refractivity contribution is 7.88. The van der Waals surface area contributed by atoms with Crippen molar-refractivity contribution in [2.45, 2.75) is 12.8 Å². The van der Waals surface area contributed by atoms with Crippen LogP contribution in [-0.2, 0) is 21.2 Å². The summed E-state index contributed by atoms with van der Waals surface area (Å²) >= 11 is 0. The molecule has 0 bridgehead atoms. The fraction of sp³-hybridized carbons (Fsp3) is 0.533. The van der Waals surface area contributed by atoms with Crippen molar-refractivity contribution in [2.24, 2.45) is 5.92 Å². The molecule has 1 aliphatic rings. The Kier molecular flexibility index (Phi) is 5.42. The van der Waals surface area contributed by atoms with Crippen LogP contribution < -0.4 is 9.46 Å². The number of hydrogen-bond acceptors (Lipinski definition) is 4. The number of nitrogens with zero attached hydrogens (tertiary/aromatic N) is 1. The number of amides is 1. The third-order valence-electron chi connectivity index (χ3n) is 3.81. The average molecular weight is 326 g/mol. The third-order valence-corrected chi connectivity index (χ3v) is 4.48. The molecule has 0 aliphatic carbocycles. The molecule has 1 heterocycles. The van der Waals surface area contributed by atoms with Gasteiger partial charge in [0.1, 0.15) is 5.75 Å². The van der Waals surface area contributed by atoms with E-state index >= 15 is 0 Å². The smallest absolute Gasteiger partial charge is 0.237 e. The van der Waals surface area contributed by atoms with E-state index in [1.807, 2.05) is 24.3 Å². The number of hydrogen-bond donors (Lipinski definition) is 1. The maximum atomic E-state index is 12.0. The van der Waals surface area contributed by atoms with Crippen LogP contribution >= 0.6 is 0 Å². The summed E-state index contributed by atoms with van der Waals surface area (Å²) in [5, 5.41) is 0. The molecule has 0 radical (unpaired) electrons. The predicted molar refractivity (Wildman–Crippen MR) is 84.2 cm³/mol. The predicted octanol–water partition coefficient (Wildman–Crippen LogP) is 0.635. The van der Waals surface area contributed by atoms with Crippen LogP contribution in [0.15, 0.2) is 24.3 Å². The van der Waals surface area contributed by atoms with E-state index in [1.54, 1.807) is 12.0 Å². The lowest BCUT2D eigenvalue weighted by Gasteiger charge is -2.16. The van der Waals surface area contributed by atoms with Gasteiger partial charge >= 0.3 is 0 Å². The van der Waals surface area contributed by atoms with Crippen molar-refractivity contribution in [2.75, 3.05) is 33.0 Å². The lowest BCUT2D eigenvalue weighted by molar-refractivity contribution is -0.129. The van der Waals surface area contributed by atoms with Gasteiger partial charge in [-0.3, -0.25) is 4.79 Å². The van der Waals surface area contributed by atoms with Gasteiger partial charge in [-0.2, -0.15) is 0 Å². The lowest BCUT2D eigenvalue weighted by atomic mass is 9.99. The summed E-state index contributed by atoms with van der Waals surface area (Å²) < 4.78 is 29.4. The maximum Gasteiger partial charge on any atom is 0.237 e. The molecule has 0 spiro atoms. The van der Waals surface area contributed by atoms with Gasteiger partial charge in [0.25, 0.3) is 0 Å². The fourth-order valence-corrected chi connectivity index (χ4v) is 3.01. The molecule has 1 aliphatic heterocycles. The molecule has 1 fully saturated rings. The highest BCUT2D eigenvalue weighted by Gasteiger charge is 2.26. The van der Waals surface area contributed by atoms with Gasteiger partial charge < -0.3 is 9.64 Å². The van der Waals surface area contributed by atoms with Crippen LogP contribution in [0.25, 0.3) is 0 Å². The van der Waals surface area contributed by atoms with Crippen LogP contribution in [0.4, 0.5) is 0 Å². The Labute approximate surface area is 131 Å². The molecule has 1 aromatic carbocycles. The Hall–Kier alpha value is -1.60. The first-order chi connectivity index (χ1) is 10.4. The SMILES string of the molecule is COc1ccc(CC2CCN(C(=O)CNS(C)(=O)=O)C2)cc1. The summed E-state index contributed by atoms with van der Waals surface area (Å²) in [5.74, 6) is 1.08. The van der Waals surface area contributed by atoms with Gasteiger partial charge in [0.2, 0.25) is 15.9 Å². The summed E-state index contributed by atoms with van der Waals surface area (Å²) in [4.78, 5) is 13.7. The first kappa shape index (κ1) is 16.8. The number of benzene rings is 1. The number of rotatable bonds is 6. The second-order valence-corrected chi connectivity index (χ2v) is 7.47. The lowest BCUT2D eigenvalue weighted by Crippen LogP contribution is -2.38. The number of nitrogens with one attached hydrogen (secondary N) is 1. The quantitative estimate of drug-likeness (QED) is 0.832. The van der Waals surface area contributed by atoms with Crippen LogP contribution in [0.2, 0.25) is 0 Å². The molecule has 2 rings (SSSR count). The first-order valence-corrected chi connectivity index (χ1v) is 9.12. The Morgan fingerprint density at radius 1 is 1.36 bits per heavy atom. The van der Waals surface area contributed by atoms with Crippen LogP contribution in [0, 0.1) is 5.92 Å². The zero-order valence-corrected chi connectivity index (χ0v) is 13.7. The fourth-order valence-electron chi connectivity index (χ4n) is 2.63. The molecule has 1 amide bonds. The molecule has 122 valence electrons. The minimum absolute atomic E-state index is 0.159. The summed E-state index contributed by atoms with van der Waals surface area (Å²) in [6.45, 7) is 1.20. The Morgan fingerprint density at radius 2 is 2.05 bits per heavy atom. The molecule has 22 heavy (non-hydrogen) atoms. The molecule has 0 saturated carbocycles. The number of sulfonamides is 1. The molecule has 6 nitrogen and oxygen atoms in total. The number of carbonyl (C=O) groups is 1. The number of methoxy groups -OCH3 is 1. The summed E-state index contributed by atoms with van der Waals surface area (Å²) in [6, 6.07) is 7.94. The Balaban J connectivity index is 1.83. The van der Waals surface area contributed by atoms with Gasteiger partial charge in [-0.1, -0.05) is 12.1 Å². The zero-order valence-electron chi connectivity index (χ0n) is 12.9. The molecule has 1 N–H and O–H groups in total. The molecule has 1 atom stereocenters. The van der Waals surface area contributed by atoms with E-state index < -0.39 is 10.0 Å². The average Bonchev–Trinajstić information content (AvgIpc) is 2.93. The Morgan fingerprint density at radius 3 is 2.64 bits per heavy atom. The van der Waals surface area contributed by atoms with Gasteiger partial charge in [0.05, 0.1) is 19.9 Å². The molecule has 7 heteroatoms. The molecular formula is C15H22N2O4S. The Bertz CT molecular complexity index is 613. The first-order valence-electron chi connectivity index (χ1n) is 7.23. The second-order valence-electron chi connectivity index (χ2n) is 5.64. The molecule has 1 aromatic rings. The van der Waals surface area contributed by atoms with E-state index in [0.29, 0.717) is 19.0 Å². The molecule has 1 unspecified atom stereocenters. The van der Waals surface area contributed by atoms with E-state index in [9.17, 15) is 13.2 Å². The van der Waals surface area contributed by atoms with Gasteiger partial charge in [-0.15, -0.1) is 0 Å². The van der Waals surface area contributed by atoms with Gasteiger partial charge in [-0.25, -0.2) is 13.1 Å². The highest BCUT2D eigenvalue weighted by Crippen LogP contribution is 2.22. The van der Waals surface area contributed by atoms with Gasteiger partial charge in [0, 0.05) is 13.1 Å². The minimum atomic E-state index is -3.33. The molecule has 0 aromatic heterocycles. The highest BCUT2D eigenvalue weighted by atomic mass is 32.2. The van der Waals surface area contributed by atoms with Gasteiger partial charge in [0.15, 0.2) is 0 Å². The normalized spacial score (nSPS) is 18.5. The van der Waals surface area contributed by atoms with Crippen molar-refractivity contribution in [3.8, 4) is 5.75 Å². The van der Waals surface area contributed by atoms with E-state index in [0.717, 1.165) is 24.8 Å². The van der Waals surface area contributed by atoms with Crippen molar-refractivity contribution < 1.29 is 17.9 Å². The van der Waals surface area contributed by atoms with E-state index in [4.69, 9.17) is 4.74 Å². The van der Waals surface area contributed by atoms with E-state index in [1.165, 1.54) is 5.56 Å². The molecular weight excluding hydrogens is 304 g/mol. The van der Waals surface area contributed by atoms with Crippen molar-refractivity contribution in [1.29, 1.82) is 0 Å². The topological polar surface area (TPSA) is 75.7 Å². The van der Waals surface area contributed by atoms with Crippen LogP contribution in [-0.4, -0.2) is 52.2 Å². The maximum absolute atomic E-state index is 12.0.